The predicted octanol–water partition coefficient (Wildman–Crippen LogP) is 2.20. The van der Waals surface area contributed by atoms with Crippen LogP contribution in [0, 0.1) is 5.82 Å². The molecule has 1 fully saturated rings. The van der Waals surface area contributed by atoms with E-state index in [2.05, 4.69) is 15.6 Å². The van der Waals surface area contributed by atoms with E-state index < -0.39 is 35.8 Å². The SMILES string of the molecule is CCC(C(=O)Nc1ccc(C(N)=O)c(F)c1)N1CC(O)N(c2cc(Cl)ccc2-n2cc(Cl)nn2)CC1=O. The summed E-state index contributed by atoms with van der Waals surface area (Å²) in [6, 6.07) is 7.36. The fourth-order valence-electron chi connectivity index (χ4n) is 4.11. The number of aliphatic hydroxyl groups excluding tert-OH is 1. The maximum atomic E-state index is 14.1. The number of aliphatic hydroxyl groups is 1. The third-order valence-corrected chi connectivity index (χ3v) is 6.28. The van der Waals surface area contributed by atoms with Gasteiger partial charge in [-0.1, -0.05) is 35.3 Å². The quantitative estimate of drug-likeness (QED) is 0.409. The third-order valence-electron chi connectivity index (χ3n) is 5.87. The number of aromatic nitrogens is 3. The topological polar surface area (TPSA) is 147 Å². The zero-order valence-electron chi connectivity index (χ0n) is 19.4. The summed E-state index contributed by atoms with van der Waals surface area (Å²) in [6.07, 6.45) is 0.504. The van der Waals surface area contributed by atoms with E-state index in [0.717, 1.165) is 12.1 Å². The molecule has 14 heteroatoms. The molecule has 37 heavy (non-hydrogen) atoms. The van der Waals surface area contributed by atoms with Crippen LogP contribution in [0.3, 0.4) is 0 Å². The van der Waals surface area contributed by atoms with Crippen LogP contribution < -0.4 is 16.0 Å². The van der Waals surface area contributed by atoms with E-state index in [1.165, 1.54) is 26.7 Å². The van der Waals surface area contributed by atoms with Crippen LogP contribution in [0.15, 0.2) is 42.6 Å². The number of β-amino-alcohol motifs (C(OH)–C–C–N with tert-alkyl or cyclic N) is 1. The van der Waals surface area contributed by atoms with Gasteiger partial charge in [0.05, 0.1) is 36.2 Å². The second-order valence-corrected chi connectivity index (χ2v) is 9.07. The average molecular weight is 550 g/mol. The molecule has 3 aromatic rings. The van der Waals surface area contributed by atoms with Crippen molar-refractivity contribution < 1.29 is 23.9 Å². The molecule has 1 aliphatic rings. The van der Waals surface area contributed by atoms with Crippen molar-refractivity contribution in [3.63, 3.8) is 0 Å². The van der Waals surface area contributed by atoms with Crippen LogP contribution in [-0.4, -0.2) is 68.1 Å². The first-order valence-electron chi connectivity index (χ1n) is 11.1. The molecule has 3 amide bonds. The van der Waals surface area contributed by atoms with Gasteiger partial charge in [-0.3, -0.25) is 14.4 Å². The summed E-state index contributed by atoms with van der Waals surface area (Å²) in [5.41, 5.74) is 5.78. The van der Waals surface area contributed by atoms with Crippen LogP contribution >= 0.6 is 23.2 Å². The molecule has 0 bridgehead atoms. The zero-order valence-corrected chi connectivity index (χ0v) is 20.9. The number of benzene rings is 2. The van der Waals surface area contributed by atoms with Crippen molar-refractivity contribution in [1.82, 2.24) is 19.9 Å². The minimum atomic E-state index is -1.19. The molecule has 194 valence electrons. The van der Waals surface area contributed by atoms with Crippen LogP contribution in [0.2, 0.25) is 10.2 Å². The molecule has 4 rings (SSSR count). The van der Waals surface area contributed by atoms with Gasteiger partial charge in [-0.05, 0) is 42.8 Å². The normalized spacial score (nSPS) is 16.6. The van der Waals surface area contributed by atoms with E-state index in [1.807, 2.05) is 0 Å². The Labute approximate surface area is 220 Å². The molecule has 2 atom stereocenters. The average Bonchev–Trinajstić information content (AvgIpc) is 3.27. The Kier molecular flexibility index (Phi) is 7.62. The van der Waals surface area contributed by atoms with Crippen molar-refractivity contribution in [2.75, 3.05) is 23.3 Å². The summed E-state index contributed by atoms with van der Waals surface area (Å²) in [4.78, 5) is 40.1. The molecule has 2 aromatic carbocycles. The number of anilines is 2. The minimum absolute atomic E-state index is 0.0904. The summed E-state index contributed by atoms with van der Waals surface area (Å²) in [5, 5.41) is 21.8. The monoisotopic (exact) mass is 549 g/mol. The number of hydrogen-bond donors (Lipinski definition) is 3. The van der Waals surface area contributed by atoms with Crippen molar-refractivity contribution in [1.29, 1.82) is 0 Å². The number of hydrogen-bond acceptors (Lipinski definition) is 7. The maximum Gasteiger partial charge on any atom is 0.251 e. The number of primary amides is 1. The van der Waals surface area contributed by atoms with Gasteiger partial charge >= 0.3 is 0 Å². The van der Waals surface area contributed by atoms with Crippen LogP contribution in [0.25, 0.3) is 5.69 Å². The van der Waals surface area contributed by atoms with Gasteiger partial charge in [0.1, 0.15) is 18.1 Å². The summed E-state index contributed by atoms with van der Waals surface area (Å²) < 4.78 is 15.5. The van der Waals surface area contributed by atoms with E-state index in [4.69, 9.17) is 28.9 Å². The predicted molar refractivity (Wildman–Crippen MR) is 134 cm³/mol. The lowest BCUT2D eigenvalue weighted by atomic mass is 10.1. The molecule has 0 saturated carbocycles. The smallest absolute Gasteiger partial charge is 0.251 e. The fourth-order valence-corrected chi connectivity index (χ4v) is 4.40. The molecule has 0 aliphatic carbocycles. The van der Waals surface area contributed by atoms with Gasteiger partial charge in [0.15, 0.2) is 5.15 Å². The van der Waals surface area contributed by atoms with Gasteiger partial charge in [0.2, 0.25) is 11.8 Å². The largest absolute Gasteiger partial charge is 0.372 e. The molecule has 0 spiro atoms. The lowest BCUT2D eigenvalue weighted by Gasteiger charge is -2.42. The Balaban J connectivity index is 1.54. The molecule has 2 unspecified atom stereocenters. The second-order valence-electron chi connectivity index (χ2n) is 8.25. The van der Waals surface area contributed by atoms with Crippen molar-refractivity contribution in [2.24, 2.45) is 5.73 Å². The summed E-state index contributed by atoms with van der Waals surface area (Å²) in [5.74, 6) is -2.83. The Hall–Kier alpha value is -3.74. The van der Waals surface area contributed by atoms with Crippen molar-refractivity contribution >= 4 is 52.3 Å². The van der Waals surface area contributed by atoms with E-state index in [1.54, 1.807) is 25.1 Å². The van der Waals surface area contributed by atoms with Gasteiger partial charge in [0.25, 0.3) is 5.91 Å². The highest BCUT2D eigenvalue weighted by Gasteiger charge is 2.38. The van der Waals surface area contributed by atoms with Gasteiger partial charge in [-0.2, -0.15) is 0 Å². The standard InChI is InChI=1S/C23H22Cl2FN7O4/c1-2-16(23(37)28-13-4-5-14(22(27)36)15(26)8-13)31-10-21(35)32(11-20(31)34)18-7-12(24)3-6-17(18)33-9-19(25)29-30-33/h3-9,16,21,35H,2,10-11H2,1H3,(H2,27,36)(H,28,37). The summed E-state index contributed by atoms with van der Waals surface area (Å²) >= 11 is 12.1. The summed E-state index contributed by atoms with van der Waals surface area (Å²) in [6.45, 7) is 1.25. The lowest BCUT2D eigenvalue weighted by molar-refractivity contribution is -0.142. The number of nitrogens with zero attached hydrogens (tertiary/aromatic N) is 5. The number of piperazine rings is 1. The van der Waals surface area contributed by atoms with E-state index in [0.29, 0.717) is 16.4 Å². The number of amides is 3. The van der Waals surface area contributed by atoms with Crippen LogP contribution in [0.5, 0.6) is 0 Å². The van der Waals surface area contributed by atoms with Gasteiger partial charge in [-0.15, -0.1) is 5.10 Å². The molecular formula is C23H22Cl2FN7O4. The molecule has 11 nitrogen and oxygen atoms in total. The highest BCUT2D eigenvalue weighted by Crippen LogP contribution is 2.31. The molecule has 1 aliphatic heterocycles. The molecule has 0 radical (unpaired) electrons. The Bertz CT molecular complexity index is 1370. The number of nitrogens with two attached hydrogens (primary N) is 1. The van der Waals surface area contributed by atoms with Crippen molar-refractivity contribution in [3.05, 3.63) is 64.2 Å². The lowest BCUT2D eigenvalue weighted by Crippen LogP contribution is -2.61. The molecule has 1 saturated heterocycles. The fraction of sp³-hybridized carbons (Fsp3) is 0.261. The molecular weight excluding hydrogens is 528 g/mol. The number of nitrogens with one attached hydrogen (secondary N) is 1. The van der Waals surface area contributed by atoms with E-state index in [-0.39, 0.29) is 35.9 Å². The van der Waals surface area contributed by atoms with Crippen LogP contribution in [-0.2, 0) is 9.59 Å². The first-order chi connectivity index (χ1) is 17.6. The summed E-state index contributed by atoms with van der Waals surface area (Å²) in [7, 11) is 0. The molecule has 2 heterocycles. The maximum absolute atomic E-state index is 14.1. The molecule has 4 N–H and O–H groups in total. The first kappa shape index (κ1) is 26.3. The number of rotatable bonds is 7. The Morgan fingerprint density at radius 2 is 2.00 bits per heavy atom. The Morgan fingerprint density at radius 1 is 1.24 bits per heavy atom. The minimum Gasteiger partial charge on any atom is -0.372 e. The Morgan fingerprint density at radius 3 is 2.62 bits per heavy atom. The van der Waals surface area contributed by atoms with Gasteiger partial charge < -0.3 is 26.0 Å². The number of carbonyl (C=O) groups is 3. The van der Waals surface area contributed by atoms with Crippen LogP contribution in [0.4, 0.5) is 15.8 Å². The van der Waals surface area contributed by atoms with Gasteiger partial charge in [0, 0.05) is 10.7 Å². The van der Waals surface area contributed by atoms with Gasteiger partial charge in [-0.25, -0.2) is 9.07 Å². The van der Waals surface area contributed by atoms with Crippen molar-refractivity contribution in [2.45, 2.75) is 25.6 Å². The van der Waals surface area contributed by atoms with Crippen LogP contribution in [0.1, 0.15) is 23.7 Å². The van der Waals surface area contributed by atoms with E-state index in [9.17, 15) is 23.9 Å². The van der Waals surface area contributed by atoms with E-state index >= 15 is 0 Å². The first-order valence-corrected chi connectivity index (χ1v) is 11.9. The van der Waals surface area contributed by atoms with Crippen molar-refractivity contribution in [3.8, 4) is 5.69 Å². The third kappa shape index (κ3) is 5.50. The highest BCUT2D eigenvalue weighted by atomic mass is 35.5. The highest BCUT2D eigenvalue weighted by molar-refractivity contribution is 6.31. The molecule has 1 aromatic heterocycles. The second kappa shape index (κ2) is 10.7. The number of carbonyl (C=O) groups excluding carboxylic acids is 3. The number of halogens is 3. The zero-order chi connectivity index (χ0) is 26.9.